The van der Waals surface area contributed by atoms with Crippen LogP contribution in [0.5, 0.6) is 5.75 Å². The molecule has 27 heavy (non-hydrogen) atoms. The average molecular weight is 486 g/mol. The highest BCUT2D eigenvalue weighted by molar-refractivity contribution is 9.10. The number of nitrogens with zero attached hydrogens (tertiary/aromatic N) is 1. The zero-order chi connectivity index (χ0) is 20.2. The molecular weight excluding hydrogens is 473 g/mol. The van der Waals surface area contributed by atoms with Crippen LogP contribution < -0.4 is 9.56 Å². The summed E-state index contributed by atoms with van der Waals surface area (Å²) in [7, 11) is -5.59. The fraction of sp³-hybridized carbons (Fsp3) is 0.188. The van der Waals surface area contributed by atoms with Crippen LogP contribution >= 0.6 is 27.5 Å². The van der Waals surface area contributed by atoms with Gasteiger partial charge in [0.15, 0.2) is 5.75 Å². The van der Waals surface area contributed by atoms with E-state index in [1.54, 1.807) is 31.2 Å². The molecule has 0 saturated carbocycles. The Morgan fingerprint density at radius 1 is 1.22 bits per heavy atom. The third-order valence-corrected chi connectivity index (χ3v) is 5.11. The van der Waals surface area contributed by atoms with E-state index in [1.165, 1.54) is 16.9 Å². The molecule has 5 nitrogen and oxygen atoms in total. The summed E-state index contributed by atoms with van der Waals surface area (Å²) in [5, 5.41) is 4.13. The topological polar surface area (TPSA) is 67.8 Å². The van der Waals surface area contributed by atoms with Crippen molar-refractivity contribution < 1.29 is 26.4 Å². The van der Waals surface area contributed by atoms with Gasteiger partial charge in [0.25, 0.3) is 0 Å². The Balaban J connectivity index is 2.40. The van der Waals surface area contributed by atoms with Gasteiger partial charge in [-0.1, -0.05) is 39.6 Å². The molecule has 0 amide bonds. The zero-order valence-electron chi connectivity index (χ0n) is 13.7. The van der Waals surface area contributed by atoms with Gasteiger partial charge in [0.05, 0.1) is 11.4 Å². The highest BCUT2D eigenvalue weighted by Crippen LogP contribution is 2.29. The molecule has 0 spiro atoms. The molecule has 0 aliphatic rings. The monoisotopic (exact) mass is 484 g/mol. The van der Waals surface area contributed by atoms with Gasteiger partial charge in [0, 0.05) is 15.1 Å². The van der Waals surface area contributed by atoms with Crippen LogP contribution in [0.2, 0.25) is 5.02 Å². The van der Waals surface area contributed by atoms with Gasteiger partial charge in [-0.05, 0) is 48.9 Å². The minimum Gasteiger partial charge on any atom is -0.357 e. The van der Waals surface area contributed by atoms with E-state index in [1.807, 2.05) is 0 Å². The predicted molar refractivity (Wildman–Crippen MR) is 102 cm³/mol. The molecule has 0 unspecified atom stereocenters. The number of hydrogen-bond acceptors (Lipinski definition) is 4. The van der Waals surface area contributed by atoms with E-state index in [0.29, 0.717) is 5.75 Å². The van der Waals surface area contributed by atoms with E-state index in [4.69, 9.17) is 16.4 Å². The van der Waals surface area contributed by atoms with Crippen LogP contribution in [0, 0.1) is 0 Å². The Morgan fingerprint density at radius 3 is 2.41 bits per heavy atom. The highest BCUT2D eigenvalue weighted by atomic mass is 79.9. The number of rotatable bonds is 6. The van der Waals surface area contributed by atoms with Crippen LogP contribution in [0.15, 0.2) is 52.1 Å². The maximum Gasteiger partial charge on any atom is 0.516 e. The molecule has 2 aromatic carbocycles. The van der Waals surface area contributed by atoms with Crippen molar-refractivity contribution in [2.24, 2.45) is 5.16 Å². The molecule has 0 bridgehead atoms. The van der Waals surface area contributed by atoms with Gasteiger partial charge in [-0.2, -0.15) is 21.6 Å². The molecule has 0 atom stereocenters. The van der Waals surface area contributed by atoms with E-state index >= 15 is 0 Å². The van der Waals surface area contributed by atoms with Gasteiger partial charge < -0.3 is 4.84 Å². The fourth-order valence-corrected chi connectivity index (χ4v) is 2.97. The zero-order valence-corrected chi connectivity index (χ0v) is 16.9. The van der Waals surface area contributed by atoms with Crippen molar-refractivity contribution in [1.29, 1.82) is 0 Å². The number of nitrogens with one attached hydrogen (secondary N) is 1. The van der Waals surface area contributed by atoms with Crippen molar-refractivity contribution in [2.75, 3.05) is 4.72 Å². The summed E-state index contributed by atoms with van der Waals surface area (Å²) in [6.07, 6.45) is 0.248. The normalized spacial score (nSPS) is 12.7. The second-order valence-corrected chi connectivity index (χ2v) is 8.20. The first kappa shape index (κ1) is 21.5. The van der Waals surface area contributed by atoms with Crippen molar-refractivity contribution in [2.45, 2.75) is 18.9 Å². The molecule has 2 aromatic rings. The standard InChI is InChI=1S/C16H13BrClF3N2O3S/c1-2-14(22-26-12-6-3-10(17)4-7-12)13-9-11(18)5-8-15(13)23-27(24,25)16(19,20)21/h3-9,23H,2H2,1H3/b22-14+. The van der Waals surface area contributed by atoms with Crippen molar-refractivity contribution >= 4 is 49.0 Å². The van der Waals surface area contributed by atoms with Gasteiger partial charge in [0.1, 0.15) is 0 Å². The first-order valence-corrected chi connectivity index (χ1v) is 10.1. The largest absolute Gasteiger partial charge is 0.516 e. The molecule has 11 heteroatoms. The van der Waals surface area contributed by atoms with Crippen LogP contribution in [0.3, 0.4) is 0 Å². The molecule has 0 aromatic heterocycles. The fourth-order valence-electron chi connectivity index (χ4n) is 1.95. The Bertz CT molecular complexity index is 948. The molecule has 0 aliphatic carbocycles. The Hall–Kier alpha value is -1.78. The maximum atomic E-state index is 12.7. The summed E-state index contributed by atoms with van der Waals surface area (Å²) in [6.45, 7) is 1.69. The van der Waals surface area contributed by atoms with Gasteiger partial charge in [-0.15, -0.1) is 0 Å². The van der Waals surface area contributed by atoms with E-state index < -0.39 is 15.5 Å². The second-order valence-electron chi connectivity index (χ2n) is 5.18. The highest BCUT2D eigenvalue weighted by Gasteiger charge is 2.46. The lowest BCUT2D eigenvalue weighted by Crippen LogP contribution is -2.30. The molecule has 0 radical (unpaired) electrons. The summed E-state index contributed by atoms with van der Waals surface area (Å²) in [4.78, 5) is 5.29. The van der Waals surface area contributed by atoms with E-state index in [-0.39, 0.29) is 28.4 Å². The van der Waals surface area contributed by atoms with Gasteiger partial charge in [-0.3, -0.25) is 4.72 Å². The number of sulfonamides is 1. The number of anilines is 1. The van der Waals surface area contributed by atoms with Gasteiger partial charge in [-0.25, -0.2) is 0 Å². The number of oxime groups is 1. The molecule has 1 N–H and O–H groups in total. The Morgan fingerprint density at radius 2 is 1.85 bits per heavy atom. The minimum absolute atomic E-state index is 0.0786. The van der Waals surface area contributed by atoms with Gasteiger partial charge in [0.2, 0.25) is 0 Å². The van der Waals surface area contributed by atoms with Crippen LogP contribution in [0.25, 0.3) is 0 Å². The molecule has 2 rings (SSSR count). The summed E-state index contributed by atoms with van der Waals surface area (Å²) in [5.74, 6) is 0.392. The average Bonchev–Trinajstić information content (AvgIpc) is 2.58. The molecule has 0 heterocycles. The lowest BCUT2D eigenvalue weighted by Gasteiger charge is -2.15. The number of hydrogen-bond donors (Lipinski definition) is 1. The quantitative estimate of drug-likeness (QED) is 0.430. The van der Waals surface area contributed by atoms with Crippen LogP contribution in [0.4, 0.5) is 18.9 Å². The second kappa shape index (κ2) is 8.49. The lowest BCUT2D eigenvalue weighted by molar-refractivity contribution is -0.0429. The SMILES string of the molecule is CC/C(=N\Oc1ccc(Br)cc1)c1cc(Cl)ccc1NS(=O)(=O)C(F)(F)F. The van der Waals surface area contributed by atoms with E-state index in [9.17, 15) is 21.6 Å². The van der Waals surface area contributed by atoms with Crippen LogP contribution in [-0.2, 0) is 10.0 Å². The Labute approximate surface area is 167 Å². The van der Waals surface area contributed by atoms with E-state index in [0.717, 1.165) is 10.5 Å². The first-order valence-electron chi connectivity index (χ1n) is 7.42. The number of halogens is 5. The molecular formula is C16H13BrClF3N2O3S. The van der Waals surface area contributed by atoms with E-state index in [2.05, 4.69) is 21.1 Å². The lowest BCUT2D eigenvalue weighted by atomic mass is 10.1. The Kier molecular flexibility index (Phi) is 6.77. The van der Waals surface area contributed by atoms with Gasteiger partial charge >= 0.3 is 15.5 Å². The van der Waals surface area contributed by atoms with Crippen molar-refractivity contribution in [3.05, 3.63) is 57.5 Å². The smallest absolute Gasteiger partial charge is 0.357 e. The van der Waals surface area contributed by atoms with Crippen molar-refractivity contribution in [3.63, 3.8) is 0 Å². The summed E-state index contributed by atoms with van der Waals surface area (Å²) in [6, 6.07) is 10.4. The molecule has 0 fully saturated rings. The summed E-state index contributed by atoms with van der Waals surface area (Å²) >= 11 is 9.19. The molecule has 0 saturated heterocycles. The van der Waals surface area contributed by atoms with Crippen molar-refractivity contribution in [1.82, 2.24) is 0 Å². The maximum absolute atomic E-state index is 12.7. The van der Waals surface area contributed by atoms with Crippen LogP contribution in [0.1, 0.15) is 18.9 Å². The van der Waals surface area contributed by atoms with Crippen molar-refractivity contribution in [3.8, 4) is 5.75 Å². The third-order valence-electron chi connectivity index (χ3n) is 3.25. The third kappa shape index (κ3) is 5.60. The predicted octanol–water partition coefficient (Wildman–Crippen LogP) is 5.56. The number of benzene rings is 2. The summed E-state index contributed by atoms with van der Waals surface area (Å²) < 4.78 is 63.3. The molecule has 0 aliphatic heterocycles. The molecule has 146 valence electrons. The number of alkyl halides is 3. The summed E-state index contributed by atoms with van der Waals surface area (Å²) in [5.41, 5.74) is -5.48. The van der Waals surface area contributed by atoms with Crippen LogP contribution in [-0.4, -0.2) is 19.6 Å². The first-order chi connectivity index (χ1) is 12.5. The minimum atomic E-state index is -5.59.